The quantitative estimate of drug-likeness (QED) is 0.267. The van der Waals surface area contributed by atoms with Crippen LogP contribution in [0.5, 0.6) is 0 Å². The highest BCUT2D eigenvalue weighted by molar-refractivity contribution is 7.98. The Morgan fingerprint density at radius 1 is 1.03 bits per heavy atom. The lowest BCUT2D eigenvalue weighted by Crippen LogP contribution is -2.40. The second-order valence-electron chi connectivity index (χ2n) is 9.26. The van der Waals surface area contributed by atoms with Gasteiger partial charge in [-0.15, -0.1) is 0 Å². The monoisotopic (exact) mass is 500 g/mol. The zero-order valence-electron chi connectivity index (χ0n) is 20.3. The number of nitrogens with zero attached hydrogens (tertiary/aromatic N) is 2. The Kier molecular flexibility index (Phi) is 8.01. The SMILES string of the molecule is O=C(O)c1ccccc1CSc1nc(CCNC2CCNCC2)cn1Cc1cccc2ccccc12. The van der Waals surface area contributed by atoms with E-state index in [1.165, 1.54) is 29.2 Å². The standard InChI is InChI=1S/C29H32N4O2S/c34-28(35)27-11-4-2-7-23(27)20-36-29-32-25(14-17-31-24-12-15-30-16-13-24)19-33(29)18-22-9-5-8-21-6-1-3-10-26(21)22/h1-11,19,24,30-31H,12-18,20H2,(H,34,35). The molecule has 0 atom stereocenters. The highest BCUT2D eigenvalue weighted by Gasteiger charge is 2.15. The normalized spacial score (nSPS) is 14.3. The van der Waals surface area contributed by atoms with Gasteiger partial charge in [-0.1, -0.05) is 72.4 Å². The molecule has 0 aliphatic carbocycles. The van der Waals surface area contributed by atoms with E-state index in [1.807, 2.05) is 12.1 Å². The number of rotatable bonds is 10. The number of imidazole rings is 1. The van der Waals surface area contributed by atoms with Gasteiger partial charge in [0.1, 0.15) is 0 Å². The van der Waals surface area contributed by atoms with Gasteiger partial charge in [0.05, 0.1) is 17.8 Å². The van der Waals surface area contributed by atoms with Gasteiger partial charge in [-0.2, -0.15) is 0 Å². The van der Waals surface area contributed by atoms with Gasteiger partial charge in [-0.25, -0.2) is 9.78 Å². The summed E-state index contributed by atoms with van der Waals surface area (Å²) in [5, 5.41) is 20.1. The maximum Gasteiger partial charge on any atom is 0.335 e. The number of piperidine rings is 1. The molecule has 0 bridgehead atoms. The van der Waals surface area contributed by atoms with Gasteiger partial charge in [-0.05, 0) is 53.9 Å². The molecular weight excluding hydrogens is 468 g/mol. The molecule has 1 aromatic heterocycles. The molecule has 0 radical (unpaired) electrons. The Morgan fingerprint density at radius 3 is 2.64 bits per heavy atom. The Bertz CT molecular complexity index is 1320. The first-order valence-electron chi connectivity index (χ1n) is 12.6. The summed E-state index contributed by atoms with van der Waals surface area (Å²) in [6.45, 7) is 3.78. The Labute approximate surface area is 216 Å². The average molecular weight is 501 g/mol. The molecular formula is C29H32N4O2S. The Balaban J connectivity index is 1.36. The summed E-state index contributed by atoms with van der Waals surface area (Å²) in [7, 11) is 0. The molecule has 7 heteroatoms. The molecule has 0 unspecified atom stereocenters. The Hall–Kier alpha value is -3.13. The maximum atomic E-state index is 11.7. The number of benzene rings is 3. The van der Waals surface area contributed by atoms with Crippen molar-refractivity contribution in [3.63, 3.8) is 0 Å². The fraction of sp³-hybridized carbons (Fsp3) is 0.310. The number of nitrogens with one attached hydrogen (secondary N) is 2. The van der Waals surface area contributed by atoms with Crippen LogP contribution in [0.15, 0.2) is 78.1 Å². The van der Waals surface area contributed by atoms with Crippen LogP contribution in [0.3, 0.4) is 0 Å². The summed E-state index contributed by atoms with van der Waals surface area (Å²) in [6, 6.07) is 22.7. The van der Waals surface area contributed by atoms with E-state index in [1.54, 1.807) is 23.9 Å². The molecule has 3 aromatic carbocycles. The van der Waals surface area contributed by atoms with E-state index in [-0.39, 0.29) is 0 Å². The van der Waals surface area contributed by atoms with Crippen LogP contribution in [0.25, 0.3) is 10.8 Å². The first kappa shape index (κ1) is 24.6. The van der Waals surface area contributed by atoms with Crippen LogP contribution in [0.1, 0.15) is 40.0 Å². The van der Waals surface area contributed by atoms with Gasteiger partial charge in [0.15, 0.2) is 5.16 Å². The van der Waals surface area contributed by atoms with E-state index in [4.69, 9.17) is 4.98 Å². The summed E-state index contributed by atoms with van der Waals surface area (Å²) in [6.07, 6.45) is 5.36. The molecule has 0 spiro atoms. The van der Waals surface area contributed by atoms with E-state index in [2.05, 4.69) is 63.9 Å². The number of hydrogen-bond acceptors (Lipinski definition) is 5. The molecule has 36 heavy (non-hydrogen) atoms. The third-order valence-corrected chi connectivity index (χ3v) is 7.81. The predicted octanol–water partition coefficient (Wildman–Crippen LogP) is 4.96. The zero-order valence-corrected chi connectivity index (χ0v) is 21.1. The fourth-order valence-electron chi connectivity index (χ4n) is 4.84. The summed E-state index contributed by atoms with van der Waals surface area (Å²) in [5.41, 5.74) is 3.47. The summed E-state index contributed by atoms with van der Waals surface area (Å²) < 4.78 is 2.22. The molecule has 0 saturated carbocycles. The number of carboxylic acids is 1. The van der Waals surface area contributed by atoms with Crippen LogP contribution in [0, 0.1) is 0 Å². The number of hydrogen-bond donors (Lipinski definition) is 3. The van der Waals surface area contributed by atoms with Gasteiger partial charge in [0.2, 0.25) is 0 Å². The molecule has 3 N–H and O–H groups in total. The van der Waals surface area contributed by atoms with E-state index in [9.17, 15) is 9.90 Å². The number of aromatic carboxylic acids is 1. The first-order chi connectivity index (χ1) is 17.7. The topological polar surface area (TPSA) is 79.2 Å². The zero-order chi connectivity index (χ0) is 24.7. The lowest BCUT2D eigenvalue weighted by molar-refractivity contribution is 0.0696. The van der Waals surface area contributed by atoms with Crippen LogP contribution in [-0.4, -0.2) is 46.3 Å². The van der Waals surface area contributed by atoms with Crippen molar-refractivity contribution in [3.05, 3.63) is 95.3 Å². The van der Waals surface area contributed by atoms with Crippen molar-refractivity contribution in [2.45, 2.75) is 42.8 Å². The lowest BCUT2D eigenvalue weighted by Gasteiger charge is -2.23. The van der Waals surface area contributed by atoms with Crippen LogP contribution < -0.4 is 10.6 Å². The smallest absolute Gasteiger partial charge is 0.335 e. The minimum Gasteiger partial charge on any atom is -0.478 e. The van der Waals surface area contributed by atoms with Crippen molar-refractivity contribution < 1.29 is 9.90 Å². The number of carbonyl (C=O) groups is 1. The van der Waals surface area contributed by atoms with Crippen molar-refractivity contribution in [2.24, 2.45) is 0 Å². The molecule has 4 aromatic rings. The van der Waals surface area contributed by atoms with Crippen molar-refractivity contribution in [2.75, 3.05) is 19.6 Å². The van der Waals surface area contributed by atoms with Crippen LogP contribution >= 0.6 is 11.8 Å². The van der Waals surface area contributed by atoms with E-state index >= 15 is 0 Å². The second kappa shape index (κ2) is 11.7. The van der Waals surface area contributed by atoms with E-state index in [0.717, 1.165) is 49.0 Å². The molecule has 0 amide bonds. The van der Waals surface area contributed by atoms with Crippen molar-refractivity contribution >= 4 is 28.5 Å². The van der Waals surface area contributed by atoms with Crippen molar-refractivity contribution in [1.29, 1.82) is 0 Å². The average Bonchev–Trinajstić information content (AvgIpc) is 3.29. The second-order valence-corrected chi connectivity index (χ2v) is 10.2. The molecule has 5 rings (SSSR count). The summed E-state index contributed by atoms with van der Waals surface area (Å²) >= 11 is 1.60. The summed E-state index contributed by atoms with van der Waals surface area (Å²) in [5.74, 6) is -0.336. The lowest BCUT2D eigenvalue weighted by atomic mass is 10.0. The largest absolute Gasteiger partial charge is 0.478 e. The molecule has 186 valence electrons. The molecule has 1 fully saturated rings. The minimum atomic E-state index is -0.894. The predicted molar refractivity (Wildman–Crippen MR) is 146 cm³/mol. The number of thioether (sulfide) groups is 1. The van der Waals surface area contributed by atoms with Crippen molar-refractivity contribution in [3.8, 4) is 0 Å². The molecule has 1 saturated heterocycles. The minimum absolute atomic E-state index is 0.351. The van der Waals surface area contributed by atoms with Gasteiger partial charge >= 0.3 is 5.97 Å². The van der Waals surface area contributed by atoms with Gasteiger partial charge in [-0.3, -0.25) is 0 Å². The molecule has 2 heterocycles. The number of carboxylic acid groups (broad SMARTS) is 1. The van der Waals surface area contributed by atoms with E-state index in [0.29, 0.717) is 17.4 Å². The molecule has 1 aliphatic rings. The highest BCUT2D eigenvalue weighted by Crippen LogP contribution is 2.27. The van der Waals surface area contributed by atoms with Gasteiger partial charge < -0.3 is 20.3 Å². The van der Waals surface area contributed by atoms with Crippen molar-refractivity contribution in [1.82, 2.24) is 20.2 Å². The van der Waals surface area contributed by atoms with Gasteiger partial charge in [0.25, 0.3) is 0 Å². The summed E-state index contributed by atoms with van der Waals surface area (Å²) in [4.78, 5) is 16.7. The fourth-order valence-corrected chi connectivity index (χ4v) is 5.84. The van der Waals surface area contributed by atoms with Crippen LogP contribution in [0.4, 0.5) is 0 Å². The first-order valence-corrected chi connectivity index (χ1v) is 13.6. The van der Waals surface area contributed by atoms with Gasteiger partial charge in [0, 0.05) is 31.0 Å². The van der Waals surface area contributed by atoms with Crippen LogP contribution in [-0.2, 0) is 18.7 Å². The third-order valence-electron chi connectivity index (χ3n) is 6.77. The molecule has 1 aliphatic heterocycles. The Morgan fingerprint density at radius 2 is 1.78 bits per heavy atom. The highest BCUT2D eigenvalue weighted by atomic mass is 32.2. The number of aromatic nitrogens is 2. The third kappa shape index (κ3) is 5.98. The van der Waals surface area contributed by atoms with Crippen LogP contribution in [0.2, 0.25) is 0 Å². The maximum absolute atomic E-state index is 11.7. The van der Waals surface area contributed by atoms with E-state index < -0.39 is 5.97 Å². The molecule has 6 nitrogen and oxygen atoms in total. The number of fused-ring (bicyclic) bond motifs is 1.